The number of anilines is 1. The number of hydrogen-bond acceptors (Lipinski definition) is 5. The molecule has 0 unspecified atom stereocenters. The third-order valence-corrected chi connectivity index (χ3v) is 2.88. The zero-order valence-corrected chi connectivity index (χ0v) is 9.66. The second kappa shape index (κ2) is 3.77. The van der Waals surface area contributed by atoms with E-state index in [0.717, 1.165) is 17.1 Å². The second-order valence-electron chi connectivity index (χ2n) is 3.66. The molecule has 0 atom stereocenters. The minimum absolute atomic E-state index is 0.270. The highest BCUT2D eigenvalue weighted by molar-refractivity contribution is 7.71. The number of benzene rings is 1. The van der Waals surface area contributed by atoms with Crippen molar-refractivity contribution in [3.05, 3.63) is 28.5 Å². The lowest BCUT2D eigenvalue weighted by atomic mass is 10.2. The number of H-pyrrole nitrogens is 1. The predicted octanol–water partition coefficient (Wildman–Crippen LogP) is 1.30. The minimum atomic E-state index is 0.270. The third kappa shape index (κ3) is 1.74. The van der Waals surface area contributed by atoms with Crippen LogP contribution < -0.4 is 15.2 Å². The molecule has 0 aliphatic carbocycles. The van der Waals surface area contributed by atoms with Gasteiger partial charge in [-0.2, -0.15) is 0 Å². The second-order valence-corrected chi connectivity index (χ2v) is 4.05. The molecule has 1 aliphatic rings. The third-order valence-electron chi connectivity index (χ3n) is 2.57. The standard InChI is InChI=1S/C10H10N4O2S/c11-9-12-13-10(17)14(9)4-6-1-2-7-8(3-6)16-5-15-7/h1-3H,4-5H2,(H2,11,12)(H,13,17). The van der Waals surface area contributed by atoms with Crippen molar-refractivity contribution >= 4 is 18.2 Å². The van der Waals surface area contributed by atoms with E-state index in [2.05, 4.69) is 10.2 Å². The minimum Gasteiger partial charge on any atom is -0.454 e. The van der Waals surface area contributed by atoms with Gasteiger partial charge in [0, 0.05) is 0 Å². The van der Waals surface area contributed by atoms with Crippen LogP contribution in [0, 0.1) is 4.77 Å². The molecule has 0 fully saturated rings. The molecule has 1 aromatic heterocycles. The number of nitrogen functional groups attached to an aromatic ring is 1. The van der Waals surface area contributed by atoms with E-state index in [1.165, 1.54) is 0 Å². The Hall–Kier alpha value is -2.02. The van der Waals surface area contributed by atoms with Crippen molar-refractivity contribution in [2.75, 3.05) is 12.5 Å². The topological polar surface area (TPSA) is 78.1 Å². The number of aromatic nitrogens is 3. The van der Waals surface area contributed by atoms with Crippen LogP contribution >= 0.6 is 12.2 Å². The molecular formula is C10H10N4O2S. The van der Waals surface area contributed by atoms with Gasteiger partial charge in [0.1, 0.15) is 0 Å². The molecule has 1 aliphatic heterocycles. The summed E-state index contributed by atoms with van der Waals surface area (Å²) >= 11 is 5.08. The van der Waals surface area contributed by atoms with Gasteiger partial charge in [-0.3, -0.25) is 4.57 Å². The smallest absolute Gasteiger partial charge is 0.231 e. The summed E-state index contributed by atoms with van der Waals surface area (Å²) in [6, 6.07) is 5.73. The van der Waals surface area contributed by atoms with E-state index in [4.69, 9.17) is 27.4 Å². The van der Waals surface area contributed by atoms with Crippen molar-refractivity contribution in [2.45, 2.75) is 6.54 Å². The van der Waals surface area contributed by atoms with E-state index in [9.17, 15) is 0 Å². The van der Waals surface area contributed by atoms with Crippen LogP contribution in [0.5, 0.6) is 11.5 Å². The summed E-state index contributed by atoms with van der Waals surface area (Å²) < 4.78 is 12.8. The first-order valence-electron chi connectivity index (χ1n) is 5.03. The molecule has 2 heterocycles. The maximum atomic E-state index is 5.70. The van der Waals surface area contributed by atoms with E-state index in [-0.39, 0.29) is 6.79 Å². The summed E-state index contributed by atoms with van der Waals surface area (Å²) in [5, 5.41) is 6.50. The predicted molar refractivity (Wildman–Crippen MR) is 63.5 cm³/mol. The first-order chi connectivity index (χ1) is 8.24. The first-order valence-corrected chi connectivity index (χ1v) is 5.44. The Morgan fingerprint density at radius 3 is 3.00 bits per heavy atom. The number of fused-ring (bicyclic) bond motifs is 1. The van der Waals surface area contributed by atoms with E-state index in [0.29, 0.717) is 17.3 Å². The van der Waals surface area contributed by atoms with Crippen molar-refractivity contribution in [1.82, 2.24) is 14.8 Å². The van der Waals surface area contributed by atoms with Gasteiger partial charge in [-0.1, -0.05) is 6.07 Å². The van der Waals surface area contributed by atoms with Crippen LogP contribution in [0.3, 0.4) is 0 Å². The maximum absolute atomic E-state index is 5.70. The van der Waals surface area contributed by atoms with Crippen LogP contribution in [0.15, 0.2) is 18.2 Å². The molecule has 0 saturated heterocycles. The van der Waals surface area contributed by atoms with E-state index in [1.807, 2.05) is 18.2 Å². The van der Waals surface area contributed by atoms with Gasteiger partial charge in [0.2, 0.25) is 12.7 Å². The Morgan fingerprint density at radius 1 is 1.41 bits per heavy atom. The quantitative estimate of drug-likeness (QED) is 0.785. The summed E-state index contributed by atoms with van der Waals surface area (Å²) in [6.07, 6.45) is 0. The largest absolute Gasteiger partial charge is 0.454 e. The molecule has 0 bridgehead atoms. The molecule has 2 aromatic rings. The van der Waals surface area contributed by atoms with Gasteiger partial charge in [0.15, 0.2) is 16.3 Å². The highest BCUT2D eigenvalue weighted by Gasteiger charge is 2.13. The lowest BCUT2D eigenvalue weighted by Gasteiger charge is -2.05. The van der Waals surface area contributed by atoms with Crippen LogP contribution in [0.2, 0.25) is 0 Å². The fraction of sp³-hybridized carbons (Fsp3) is 0.200. The number of ether oxygens (including phenoxy) is 2. The Kier molecular flexibility index (Phi) is 2.25. The molecule has 88 valence electrons. The van der Waals surface area contributed by atoms with Crippen molar-refractivity contribution in [3.8, 4) is 11.5 Å². The highest BCUT2D eigenvalue weighted by Crippen LogP contribution is 2.32. The van der Waals surface area contributed by atoms with Crippen LogP contribution in [-0.2, 0) is 6.54 Å². The van der Waals surface area contributed by atoms with Crippen molar-refractivity contribution in [3.63, 3.8) is 0 Å². The van der Waals surface area contributed by atoms with Gasteiger partial charge in [0.05, 0.1) is 6.54 Å². The number of nitrogens with one attached hydrogen (secondary N) is 1. The molecular weight excluding hydrogens is 240 g/mol. The van der Waals surface area contributed by atoms with Crippen LogP contribution in [0.1, 0.15) is 5.56 Å². The summed E-state index contributed by atoms with van der Waals surface area (Å²) in [4.78, 5) is 0. The number of nitrogens with two attached hydrogens (primary N) is 1. The normalized spacial score (nSPS) is 12.9. The molecule has 0 amide bonds. The maximum Gasteiger partial charge on any atom is 0.231 e. The summed E-state index contributed by atoms with van der Waals surface area (Å²) in [5.41, 5.74) is 6.73. The summed E-state index contributed by atoms with van der Waals surface area (Å²) in [7, 11) is 0. The lowest BCUT2D eigenvalue weighted by molar-refractivity contribution is 0.174. The fourth-order valence-corrected chi connectivity index (χ4v) is 1.91. The van der Waals surface area contributed by atoms with Gasteiger partial charge in [-0.25, -0.2) is 5.10 Å². The molecule has 1 aromatic carbocycles. The Morgan fingerprint density at radius 2 is 2.24 bits per heavy atom. The Bertz CT molecular complexity index is 619. The average Bonchev–Trinajstić information content (AvgIpc) is 2.90. The van der Waals surface area contributed by atoms with E-state index >= 15 is 0 Å². The van der Waals surface area contributed by atoms with Gasteiger partial charge in [0.25, 0.3) is 0 Å². The molecule has 0 radical (unpaired) electrons. The molecule has 6 nitrogen and oxygen atoms in total. The zero-order chi connectivity index (χ0) is 11.8. The van der Waals surface area contributed by atoms with Crippen LogP contribution in [0.25, 0.3) is 0 Å². The number of rotatable bonds is 2. The van der Waals surface area contributed by atoms with Gasteiger partial charge in [-0.15, -0.1) is 5.10 Å². The Balaban J connectivity index is 1.94. The SMILES string of the molecule is Nc1n[nH]c(=S)n1Cc1ccc2c(c1)OCO2. The molecule has 0 spiro atoms. The Labute approximate surface area is 102 Å². The molecule has 3 rings (SSSR count). The average molecular weight is 250 g/mol. The summed E-state index contributed by atoms with van der Waals surface area (Å²) in [6.45, 7) is 0.823. The van der Waals surface area contributed by atoms with Gasteiger partial charge in [-0.05, 0) is 29.9 Å². The zero-order valence-electron chi connectivity index (χ0n) is 8.84. The van der Waals surface area contributed by atoms with Crippen LogP contribution in [0.4, 0.5) is 5.95 Å². The van der Waals surface area contributed by atoms with Gasteiger partial charge < -0.3 is 15.2 Å². The van der Waals surface area contributed by atoms with Crippen molar-refractivity contribution in [1.29, 1.82) is 0 Å². The molecule has 7 heteroatoms. The van der Waals surface area contributed by atoms with Crippen molar-refractivity contribution < 1.29 is 9.47 Å². The molecule has 0 saturated carbocycles. The van der Waals surface area contributed by atoms with Crippen LogP contribution in [-0.4, -0.2) is 21.6 Å². The molecule has 3 N–H and O–H groups in total. The first kappa shape index (κ1) is 10.2. The monoisotopic (exact) mass is 250 g/mol. The van der Waals surface area contributed by atoms with E-state index in [1.54, 1.807) is 4.57 Å². The number of nitrogens with zero attached hydrogens (tertiary/aromatic N) is 2. The van der Waals surface area contributed by atoms with Gasteiger partial charge >= 0.3 is 0 Å². The summed E-state index contributed by atoms with van der Waals surface area (Å²) in [5.74, 6) is 1.88. The number of aromatic amines is 1. The lowest BCUT2D eigenvalue weighted by Crippen LogP contribution is -2.04. The number of hydrogen-bond donors (Lipinski definition) is 2. The van der Waals surface area contributed by atoms with Crippen molar-refractivity contribution in [2.24, 2.45) is 0 Å². The highest BCUT2D eigenvalue weighted by atomic mass is 32.1. The molecule has 17 heavy (non-hydrogen) atoms. The van der Waals surface area contributed by atoms with E-state index < -0.39 is 0 Å². The fourth-order valence-electron chi connectivity index (χ4n) is 1.70.